The van der Waals surface area contributed by atoms with Gasteiger partial charge in [-0.2, -0.15) is 9.40 Å². The number of aryl methyl sites for hydroxylation is 2. The van der Waals surface area contributed by atoms with Gasteiger partial charge in [0, 0.05) is 31.4 Å². The number of morpholine rings is 1. The Kier molecular flexibility index (Phi) is 4.96. The molecule has 1 aliphatic rings. The summed E-state index contributed by atoms with van der Waals surface area (Å²) in [6, 6.07) is 5.05. The van der Waals surface area contributed by atoms with Gasteiger partial charge in [0.05, 0.1) is 23.9 Å². The lowest BCUT2D eigenvalue weighted by molar-refractivity contribution is -0.00260. The topological polar surface area (TPSA) is 64.4 Å². The lowest BCUT2D eigenvalue weighted by atomic mass is 10.2. The van der Waals surface area contributed by atoms with Gasteiger partial charge in [-0.25, -0.2) is 8.42 Å². The first-order valence-corrected chi connectivity index (χ1v) is 9.64. The normalized spacial score (nSPS) is 19.5. The third-order valence-corrected chi connectivity index (χ3v) is 6.67. The Hall–Kier alpha value is -1.41. The number of hydrogen-bond donors (Lipinski definition) is 0. The van der Waals surface area contributed by atoms with Crippen LogP contribution in [0.2, 0.25) is 5.02 Å². The molecule has 1 fully saturated rings. The lowest BCUT2D eigenvalue weighted by Gasteiger charge is -2.32. The first-order valence-electron chi connectivity index (χ1n) is 7.82. The van der Waals surface area contributed by atoms with Gasteiger partial charge in [-0.05, 0) is 25.5 Å². The van der Waals surface area contributed by atoms with Crippen LogP contribution in [-0.4, -0.2) is 42.2 Å². The van der Waals surface area contributed by atoms with Gasteiger partial charge < -0.3 is 4.74 Å². The fourth-order valence-electron chi connectivity index (χ4n) is 2.72. The van der Waals surface area contributed by atoms with Crippen molar-refractivity contribution in [3.8, 4) is 0 Å². The van der Waals surface area contributed by atoms with E-state index in [1.807, 2.05) is 13.1 Å². The van der Waals surface area contributed by atoms with Crippen LogP contribution in [0, 0.1) is 6.92 Å². The summed E-state index contributed by atoms with van der Waals surface area (Å²) in [5, 5.41) is 4.51. The zero-order valence-corrected chi connectivity index (χ0v) is 15.2. The molecule has 0 radical (unpaired) electrons. The van der Waals surface area contributed by atoms with Crippen molar-refractivity contribution in [3.05, 3.63) is 46.7 Å². The Labute approximate surface area is 147 Å². The van der Waals surface area contributed by atoms with E-state index in [1.165, 1.54) is 4.31 Å². The third kappa shape index (κ3) is 3.21. The van der Waals surface area contributed by atoms with Crippen molar-refractivity contribution in [2.24, 2.45) is 0 Å². The van der Waals surface area contributed by atoms with Crippen molar-refractivity contribution in [1.29, 1.82) is 0 Å². The number of ether oxygens (including phenoxy) is 1. The molecule has 2 aromatic rings. The van der Waals surface area contributed by atoms with E-state index in [-0.39, 0.29) is 22.6 Å². The molecule has 1 aromatic heterocycles. The van der Waals surface area contributed by atoms with Crippen molar-refractivity contribution >= 4 is 21.6 Å². The molecule has 0 amide bonds. The van der Waals surface area contributed by atoms with Crippen LogP contribution in [0.5, 0.6) is 0 Å². The standard InChI is InChI=1S/C16H20ClN3O3S/c1-3-19-10-13(9-18-19)14-11-20(7-8-23-14)24(21,22)15-6-4-5-12(2)16(15)17/h4-6,9-10,14H,3,7-8,11H2,1-2H3/t14-/m1/s1. The molecular weight excluding hydrogens is 350 g/mol. The minimum Gasteiger partial charge on any atom is -0.371 e. The molecule has 1 atom stereocenters. The molecule has 3 rings (SSSR count). The molecular formula is C16H20ClN3O3S. The van der Waals surface area contributed by atoms with Crippen molar-refractivity contribution in [2.75, 3.05) is 19.7 Å². The zero-order valence-electron chi connectivity index (χ0n) is 13.6. The largest absolute Gasteiger partial charge is 0.371 e. The van der Waals surface area contributed by atoms with E-state index in [9.17, 15) is 8.42 Å². The average Bonchev–Trinajstić information content (AvgIpc) is 3.06. The second-order valence-corrected chi connectivity index (χ2v) is 8.02. The third-order valence-electron chi connectivity index (χ3n) is 4.15. The number of sulfonamides is 1. The van der Waals surface area contributed by atoms with Crippen LogP contribution < -0.4 is 0 Å². The minimum atomic E-state index is -3.66. The highest BCUT2D eigenvalue weighted by molar-refractivity contribution is 7.89. The number of rotatable bonds is 4. The van der Waals surface area contributed by atoms with Crippen LogP contribution in [0.15, 0.2) is 35.5 Å². The van der Waals surface area contributed by atoms with Gasteiger partial charge in [0.2, 0.25) is 10.0 Å². The van der Waals surface area contributed by atoms with Crippen molar-refractivity contribution in [3.63, 3.8) is 0 Å². The van der Waals surface area contributed by atoms with Gasteiger partial charge in [-0.3, -0.25) is 4.68 Å². The lowest BCUT2D eigenvalue weighted by Crippen LogP contribution is -2.42. The molecule has 8 heteroatoms. The Morgan fingerprint density at radius 3 is 2.92 bits per heavy atom. The summed E-state index contributed by atoms with van der Waals surface area (Å²) in [6.07, 6.45) is 3.29. The van der Waals surface area contributed by atoms with Crippen LogP contribution in [-0.2, 0) is 21.3 Å². The number of aromatic nitrogens is 2. The first-order chi connectivity index (χ1) is 11.4. The Morgan fingerprint density at radius 2 is 2.21 bits per heavy atom. The average molecular weight is 370 g/mol. The maximum atomic E-state index is 13.0. The van der Waals surface area contributed by atoms with Crippen molar-refractivity contribution < 1.29 is 13.2 Å². The molecule has 0 N–H and O–H groups in total. The fraction of sp³-hybridized carbons (Fsp3) is 0.438. The minimum absolute atomic E-state index is 0.147. The van der Waals surface area contributed by atoms with E-state index in [0.29, 0.717) is 13.2 Å². The van der Waals surface area contributed by atoms with Gasteiger partial charge in [-0.1, -0.05) is 23.7 Å². The molecule has 24 heavy (non-hydrogen) atoms. The van der Waals surface area contributed by atoms with E-state index in [0.717, 1.165) is 17.7 Å². The molecule has 0 saturated carbocycles. The van der Waals surface area contributed by atoms with E-state index >= 15 is 0 Å². The molecule has 0 aliphatic carbocycles. The van der Waals surface area contributed by atoms with E-state index < -0.39 is 10.0 Å². The molecule has 130 valence electrons. The number of hydrogen-bond acceptors (Lipinski definition) is 4. The predicted molar refractivity (Wildman–Crippen MR) is 91.5 cm³/mol. The van der Waals surface area contributed by atoms with Crippen LogP contribution in [0.3, 0.4) is 0 Å². The van der Waals surface area contributed by atoms with Gasteiger partial charge in [0.15, 0.2) is 0 Å². The molecule has 0 bridgehead atoms. The van der Waals surface area contributed by atoms with Crippen molar-refractivity contribution in [2.45, 2.75) is 31.4 Å². The summed E-state index contributed by atoms with van der Waals surface area (Å²) >= 11 is 6.22. The zero-order chi connectivity index (χ0) is 17.3. The van der Waals surface area contributed by atoms with Crippen LogP contribution in [0.4, 0.5) is 0 Å². The molecule has 6 nitrogen and oxygen atoms in total. The molecule has 1 aromatic carbocycles. The second kappa shape index (κ2) is 6.84. The summed E-state index contributed by atoms with van der Waals surface area (Å²) in [5.74, 6) is 0. The summed E-state index contributed by atoms with van der Waals surface area (Å²) in [7, 11) is -3.66. The summed E-state index contributed by atoms with van der Waals surface area (Å²) < 4.78 is 34.9. The number of nitrogens with zero attached hydrogens (tertiary/aromatic N) is 3. The van der Waals surface area contributed by atoms with Crippen LogP contribution in [0.25, 0.3) is 0 Å². The highest BCUT2D eigenvalue weighted by atomic mass is 35.5. The van der Waals surface area contributed by atoms with Gasteiger partial charge in [0.25, 0.3) is 0 Å². The molecule has 1 saturated heterocycles. The maximum Gasteiger partial charge on any atom is 0.244 e. The van der Waals surface area contributed by atoms with E-state index in [2.05, 4.69) is 5.10 Å². The maximum absolute atomic E-state index is 13.0. The quantitative estimate of drug-likeness (QED) is 0.831. The number of halogens is 1. The first kappa shape index (κ1) is 17.4. The summed E-state index contributed by atoms with van der Waals surface area (Å²) in [4.78, 5) is 0.147. The van der Waals surface area contributed by atoms with Crippen LogP contribution in [0.1, 0.15) is 24.2 Å². The Morgan fingerprint density at radius 1 is 1.42 bits per heavy atom. The summed E-state index contributed by atoms with van der Waals surface area (Å²) in [6.45, 7) is 5.45. The molecule has 1 aliphatic heterocycles. The summed E-state index contributed by atoms with van der Waals surface area (Å²) in [5.41, 5.74) is 1.62. The van der Waals surface area contributed by atoms with Crippen molar-refractivity contribution in [1.82, 2.24) is 14.1 Å². The molecule has 0 spiro atoms. The van der Waals surface area contributed by atoms with E-state index in [4.69, 9.17) is 16.3 Å². The highest BCUT2D eigenvalue weighted by Crippen LogP contribution is 2.31. The predicted octanol–water partition coefficient (Wildman–Crippen LogP) is 2.63. The molecule has 0 unspecified atom stereocenters. The SMILES string of the molecule is CCn1cc([C@H]2CN(S(=O)(=O)c3cccc(C)c3Cl)CCO2)cn1. The Balaban J connectivity index is 1.87. The van der Waals surface area contributed by atoms with Gasteiger partial charge in [-0.15, -0.1) is 0 Å². The monoisotopic (exact) mass is 369 g/mol. The van der Waals surface area contributed by atoms with Gasteiger partial charge in [0.1, 0.15) is 4.90 Å². The number of benzene rings is 1. The van der Waals surface area contributed by atoms with E-state index in [1.54, 1.807) is 36.0 Å². The van der Waals surface area contributed by atoms with Crippen LogP contribution >= 0.6 is 11.6 Å². The van der Waals surface area contributed by atoms with Gasteiger partial charge >= 0.3 is 0 Å². The molecule has 2 heterocycles. The fourth-order valence-corrected chi connectivity index (χ4v) is 4.70. The Bertz CT molecular complexity index is 835. The smallest absolute Gasteiger partial charge is 0.244 e. The second-order valence-electron chi connectivity index (χ2n) is 5.74. The highest BCUT2D eigenvalue weighted by Gasteiger charge is 2.33.